The summed E-state index contributed by atoms with van der Waals surface area (Å²) in [5.74, 6) is -0.507. The van der Waals surface area contributed by atoms with E-state index in [-0.39, 0.29) is 11.3 Å². The SMILES string of the molecule is CCNc1ccc(C(=O)N/N=C\c2ccc(N3CCOCC3)s2)cc1[N+](=O)[O-]. The van der Waals surface area contributed by atoms with E-state index in [0.717, 1.165) is 36.2 Å². The summed E-state index contributed by atoms with van der Waals surface area (Å²) < 4.78 is 5.35. The van der Waals surface area contributed by atoms with Crippen LogP contribution in [0.5, 0.6) is 0 Å². The van der Waals surface area contributed by atoms with Crippen molar-refractivity contribution in [3.8, 4) is 0 Å². The molecule has 1 aromatic heterocycles. The van der Waals surface area contributed by atoms with Crippen LogP contribution >= 0.6 is 11.3 Å². The molecule has 1 saturated heterocycles. The van der Waals surface area contributed by atoms with Crippen LogP contribution in [0.15, 0.2) is 35.4 Å². The van der Waals surface area contributed by atoms with Crippen molar-refractivity contribution >= 4 is 39.8 Å². The molecule has 9 nitrogen and oxygen atoms in total. The Morgan fingerprint density at radius 2 is 2.14 bits per heavy atom. The molecule has 1 aliphatic heterocycles. The Labute approximate surface area is 166 Å². The molecule has 148 valence electrons. The Hall–Kier alpha value is -2.98. The fourth-order valence-electron chi connectivity index (χ4n) is 2.75. The summed E-state index contributed by atoms with van der Waals surface area (Å²) >= 11 is 1.57. The molecule has 1 fully saturated rings. The van der Waals surface area contributed by atoms with Crippen molar-refractivity contribution in [1.82, 2.24) is 5.43 Å². The van der Waals surface area contributed by atoms with Gasteiger partial charge in [0.15, 0.2) is 0 Å². The number of hydrogen-bond donors (Lipinski definition) is 2. The molecule has 2 N–H and O–H groups in total. The number of rotatable bonds is 7. The number of carbonyl (C=O) groups is 1. The molecule has 3 rings (SSSR count). The van der Waals surface area contributed by atoms with Gasteiger partial charge in [0.25, 0.3) is 11.6 Å². The average molecular weight is 403 g/mol. The lowest BCUT2D eigenvalue weighted by Gasteiger charge is -2.27. The van der Waals surface area contributed by atoms with Crippen molar-refractivity contribution < 1.29 is 14.5 Å². The molecule has 1 aliphatic rings. The number of anilines is 2. The molecule has 0 unspecified atom stereocenters. The first-order chi connectivity index (χ1) is 13.6. The maximum absolute atomic E-state index is 12.2. The van der Waals surface area contributed by atoms with Crippen LogP contribution in [0.2, 0.25) is 0 Å². The third kappa shape index (κ3) is 4.84. The van der Waals surface area contributed by atoms with Crippen LogP contribution in [0.4, 0.5) is 16.4 Å². The largest absolute Gasteiger partial charge is 0.380 e. The van der Waals surface area contributed by atoms with Gasteiger partial charge >= 0.3 is 0 Å². The second kappa shape index (κ2) is 9.29. The molecule has 0 spiro atoms. The molecular weight excluding hydrogens is 382 g/mol. The Bertz CT molecular complexity index is 877. The van der Waals surface area contributed by atoms with Crippen molar-refractivity contribution in [1.29, 1.82) is 0 Å². The molecule has 0 atom stereocenters. The van der Waals surface area contributed by atoms with Gasteiger partial charge in [-0.2, -0.15) is 5.10 Å². The number of morpholine rings is 1. The minimum atomic E-state index is -0.517. The summed E-state index contributed by atoms with van der Waals surface area (Å²) in [5, 5.41) is 19.2. The zero-order valence-corrected chi connectivity index (χ0v) is 16.2. The van der Waals surface area contributed by atoms with Gasteiger partial charge in [0.05, 0.1) is 29.4 Å². The third-order valence-corrected chi connectivity index (χ3v) is 5.20. The standard InChI is InChI=1S/C18H21N5O4S/c1-2-19-15-5-3-13(11-16(15)23(25)26)18(24)21-20-12-14-4-6-17(28-14)22-7-9-27-10-8-22/h3-6,11-12,19H,2,7-10H2,1H3,(H,21,24)/b20-12-. The van der Waals surface area contributed by atoms with E-state index in [1.807, 2.05) is 19.1 Å². The van der Waals surface area contributed by atoms with Gasteiger partial charge in [-0.05, 0) is 31.2 Å². The van der Waals surface area contributed by atoms with Crippen LogP contribution < -0.4 is 15.6 Å². The first kappa shape index (κ1) is 19.8. The molecule has 0 bridgehead atoms. The van der Waals surface area contributed by atoms with Crippen LogP contribution in [0, 0.1) is 10.1 Å². The summed E-state index contributed by atoms with van der Waals surface area (Å²) in [4.78, 5) is 26.1. The van der Waals surface area contributed by atoms with Gasteiger partial charge in [0.2, 0.25) is 0 Å². The lowest BCUT2D eigenvalue weighted by atomic mass is 10.1. The highest BCUT2D eigenvalue weighted by Gasteiger charge is 2.17. The van der Waals surface area contributed by atoms with Crippen LogP contribution in [0.3, 0.4) is 0 Å². The van der Waals surface area contributed by atoms with Crippen LogP contribution in [-0.2, 0) is 4.74 Å². The van der Waals surface area contributed by atoms with E-state index >= 15 is 0 Å². The maximum atomic E-state index is 12.2. The minimum absolute atomic E-state index is 0.146. The molecule has 2 heterocycles. The molecule has 0 aliphatic carbocycles. The summed E-state index contributed by atoms with van der Waals surface area (Å²) in [6.45, 7) is 5.54. The van der Waals surface area contributed by atoms with E-state index in [1.54, 1.807) is 17.6 Å². The number of nitrogens with one attached hydrogen (secondary N) is 2. The van der Waals surface area contributed by atoms with Crippen molar-refractivity contribution in [2.75, 3.05) is 43.1 Å². The minimum Gasteiger partial charge on any atom is -0.380 e. The molecule has 28 heavy (non-hydrogen) atoms. The summed E-state index contributed by atoms with van der Waals surface area (Å²) in [6, 6.07) is 8.24. The van der Waals surface area contributed by atoms with Gasteiger partial charge in [0.1, 0.15) is 5.69 Å². The number of benzene rings is 1. The van der Waals surface area contributed by atoms with Gasteiger partial charge < -0.3 is 15.0 Å². The Morgan fingerprint density at radius 1 is 1.36 bits per heavy atom. The van der Waals surface area contributed by atoms with E-state index in [4.69, 9.17) is 4.74 Å². The Morgan fingerprint density at radius 3 is 2.86 bits per heavy atom. The van der Waals surface area contributed by atoms with Gasteiger partial charge in [-0.1, -0.05) is 0 Å². The summed E-state index contributed by atoms with van der Waals surface area (Å²) in [6.07, 6.45) is 1.56. The second-order valence-corrected chi connectivity index (χ2v) is 7.09. The fourth-order valence-corrected chi connectivity index (χ4v) is 3.68. The van der Waals surface area contributed by atoms with E-state index < -0.39 is 10.8 Å². The molecular formula is C18H21N5O4S. The van der Waals surface area contributed by atoms with Crippen LogP contribution in [0.25, 0.3) is 0 Å². The lowest BCUT2D eigenvalue weighted by Crippen LogP contribution is -2.35. The predicted octanol–water partition coefficient (Wildman–Crippen LogP) is 2.69. The van der Waals surface area contributed by atoms with Gasteiger partial charge in [0, 0.05) is 36.1 Å². The zero-order chi connectivity index (χ0) is 19.9. The first-order valence-electron chi connectivity index (χ1n) is 8.86. The van der Waals surface area contributed by atoms with Crippen molar-refractivity contribution in [3.63, 3.8) is 0 Å². The number of nitrogens with zero attached hydrogens (tertiary/aromatic N) is 3. The number of hydrazone groups is 1. The van der Waals surface area contributed by atoms with Crippen LogP contribution in [0.1, 0.15) is 22.2 Å². The third-order valence-electron chi connectivity index (χ3n) is 4.12. The van der Waals surface area contributed by atoms with E-state index in [1.165, 1.54) is 18.2 Å². The first-order valence-corrected chi connectivity index (χ1v) is 9.68. The quantitative estimate of drug-likeness (QED) is 0.418. The number of nitro groups is 1. The molecule has 0 saturated carbocycles. The van der Waals surface area contributed by atoms with Crippen molar-refractivity contribution in [2.24, 2.45) is 5.10 Å². The smallest absolute Gasteiger partial charge is 0.293 e. The number of hydrogen-bond acceptors (Lipinski definition) is 8. The molecule has 0 radical (unpaired) electrons. The highest BCUT2D eigenvalue weighted by atomic mass is 32.1. The zero-order valence-electron chi connectivity index (χ0n) is 15.4. The number of carbonyl (C=O) groups excluding carboxylic acids is 1. The average Bonchev–Trinajstić information content (AvgIpc) is 3.18. The van der Waals surface area contributed by atoms with Gasteiger partial charge in [-0.15, -0.1) is 11.3 Å². The highest BCUT2D eigenvalue weighted by Crippen LogP contribution is 2.26. The number of nitro benzene ring substituents is 1. The number of thiophene rings is 1. The van der Waals surface area contributed by atoms with E-state index in [2.05, 4.69) is 20.7 Å². The summed E-state index contributed by atoms with van der Waals surface area (Å²) in [5.41, 5.74) is 2.82. The highest BCUT2D eigenvalue weighted by molar-refractivity contribution is 7.17. The Kier molecular flexibility index (Phi) is 6.56. The van der Waals surface area contributed by atoms with Crippen LogP contribution in [-0.4, -0.2) is 49.9 Å². The van der Waals surface area contributed by atoms with Gasteiger partial charge in [-0.25, -0.2) is 5.43 Å². The normalized spacial score (nSPS) is 14.2. The monoisotopic (exact) mass is 403 g/mol. The van der Waals surface area contributed by atoms with E-state index in [9.17, 15) is 14.9 Å². The Balaban J connectivity index is 1.63. The molecule has 2 aromatic rings. The summed E-state index contributed by atoms with van der Waals surface area (Å²) in [7, 11) is 0. The maximum Gasteiger partial charge on any atom is 0.293 e. The molecule has 1 aromatic carbocycles. The van der Waals surface area contributed by atoms with Crippen molar-refractivity contribution in [3.05, 3.63) is 50.9 Å². The van der Waals surface area contributed by atoms with E-state index in [0.29, 0.717) is 12.2 Å². The fraction of sp³-hybridized carbons (Fsp3) is 0.333. The second-order valence-electron chi connectivity index (χ2n) is 5.99. The van der Waals surface area contributed by atoms with Crippen molar-refractivity contribution in [2.45, 2.75) is 6.92 Å². The molecule has 1 amide bonds. The predicted molar refractivity (Wildman–Crippen MR) is 110 cm³/mol. The number of ether oxygens (including phenoxy) is 1. The van der Waals surface area contributed by atoms with Gasteiger partial charge in [-0.3, -0.25) is 14.9 Å². The number of amides is 1. The topological polar surface area (TPSA) is 109 Å². The lowest BCUT2D eigenvalue weighted by molar-refractivity contribution is -0.384. The molecule has 10 heteroatoms.